The molecule has 7 heteroatoms. The summed E-state index contributed by atoms with van der Waals surface area (Å²) in [5, 5.41) is 16.8. The lowest BCUT2D eigenvalue weighted by molar-refractivity contribution is 0.420. The highest BCUT2D eigenvalue weighted by atomic mass is 35.5. The summed E-state index contributed by atoms with van der Waals surface area (Å²) in [5.74, 6) is 1.40. The largest absolute Gasteiger partial charge is 0.496 e. The van der Waals surface area contributed by atoms with E-state index in [1.54, 1.807) is 7.11 Å². The van der Waals surface area contributed by atoms with Crippen LogP contribution in [0.4, 0.5) is 0 Å². The Kier molecular flexibility index (Phi) is 2.80. The first kappa shape index (κ1) is 13.1. The third kappa shape index (κ3) is 1.77. The zero-order chi connectivity index (χ0) is 15.3. The van der Waals surface area contributed by atoms with E-state index >= 15 is 0 Å². The second-order valence-electron chi connectivity index (χ2n) is 5.04. The first-order chi connectivity index (χ1) is 10.7. The number of aromatic nitrogens is 5. The van der Waals surface area contributed by atoms with E-state index in [9.17, 15) is 0 Å². The first-order valence-electron chi connectivity index (χ1n) is 6.69. The van der Waals surface area contributed by atoms with Crippen molar-refractivity contribution in [1.82, 2.24) is 25.2 Å². The van der Waals surface area contributed by atoms with Crippen molar-refractivity contribution in [2.45, 2.75) is 0 Å². The Morgan fingerprint density at radius 2 is 2.05 bits per heavy atom. The normalized spacial score (nSPS) is 11.4. The SMILES string of the molecule is COc1cc(Cl)cc2c1c1ccc(-c3nnn[nH]3)cc1n2C. The number of aromatic amines is 1. The number of fused-ring (bicyclic) bond motifs is 3. The smallest absolute Gasteiger partial charge is 0.179 e. The van der Waals surface area contributed by atoms with Gasteiger partial charge in [-0.15, -0.1) is 5.10 Å². The molecule has 22 heavy (non-hydrogen) atoms. The lowest BCUT2D eigenvalue weighted by Crippen LogP contribution is -1.88. The third-order valence-electron chi connectivity index (χ3n) is 3.87. The molecule has 0 aliphatic carbocycles. The number of methoxy groups -OCH3 is 1. The van der Waals surface area contributed by atoms with Crippen LogP contribution in [0, 0.1) is 0 Å². The predicted molar refractivity (Wildman–Crippen MR) is 85.2 cm³/mol. The number of benzene rings is 2. The van der Waals surface area contributed by atoms with E-state index < -0.39 is 0 Å². The van der Waals surface area contributed by atoms with Crippen molar-refractivity contribution in [2.75, 3.05) is 7.11 Å². The van der Waals surface area contributed by atoms with E-state index in [0.29, 0.717) is 10.8 Å². The van der Waals surface area contributed by atoms with Gasteiger partial charge in [-0.05, 0) is 28.6 Å². The summed E-state index contributed by atoms with van der Waals surface area (Å²) < 4.78 is 7.59. The molecule has 0 amide bonds. The Balaban J connectivity index is 2.10. The number of hydrogen-bond acceptors (Lipinski definition) is 4. The van der Waals surface area contributed by atoms with Gasteiger partial charge >= 0.3 is 0 Å². The molecule has 0 spiro atoms. The predicted octanol–water partition coefficient (Wildman–Crippen LogP) is 3.17. The molecule has 2 heterocycles. The fourth-order valence-electron chi connectivity index (χ4n) is 2.84. The molecule has 6 nitrogen and oxygen atoms in total. The average Bonchev–Trinajstić information content (AvgIpc) is 3.15. The topological polar surface area (TPSA) is 68.6 Å². The molecule has 2 aromatic heterocycles. The summed E-state index contributed by atoms with van der Waals surface area (Å²) in [6.45, 7) is 0. The van der Waals surface area contributed by atoms with Gasteiger partial charge in [-0.2, -0.15) is 0 Å². The standard InChI is InChI=1S/C15H12ClN5O/c1-21-11-5-8(15-17-19-20-18-15)3-4-10(11)14-12(21)6-9(16)7-13(14)22-2/h3-7H,1-2H3,(H,17,18,19,20). The van der Waals surface area contributed by atoms with Crippen LogP contribution in [0.15, 0.2) is 30.3 Å². The molecule has 0 saturated carbocycles. The van der Waals surface area contributed by atoms with Gasteiger partial charge in [-0.1, -0.05) is 23.7 Å². The molecule has 0 aliphatic heterocycles. The van der Waals surface area contributed by atoms with Crippen LogP contribution in [0.1, 0.15) is 0 Å². The monoisotopic (exact) mass is 313 g/mol. The maximum Gasteiger partial charge on any atom is 0.179 e. The molecule has 0 aliphatic rings. The van der Waals surface area contributed by atoms with Gasteiger partial charge in [0.1, 0.15) is 5.75 Å². The van der Waals surface area contributed by atoms with Gasteiger partial charge in [-0.3, -0.25) is 0 Å². The zero-order valence-electron chi connectivity index (χ0n) is 12.0. The quantitative estimate of drug-likeness (QED) is 0.617. The number of tetrazole rings is 1. The molecule has 1 N–H and O–H groups in total. The van der Waals surface area contributed by atoms with Crippen molar-refractivity contribution in [3.05, 3.63) is 35.4 Å². The fourth-order valence-corrected chi connectivity index (χ4v) is 3.05. The number of nitrogens with one attached hydrogen (secondary N) is 1. The highest BCUT2D eigenvalue weighted by molar-refractivity contribution is 6.32. The van der Waals surface area contributed by atoms with Crippen LogP contribution in [0.2, 0.25) is 5.02 Å². The zero-order valence-corrected chi connectivity index (χ0v) is 12.7. The van der Waals surface area contributed by atoms with Crippen LogP contribution in [-0.4, -0.2) is 32.3 Å². The number of H-pyrrole nitrogens is 1. The minimum Gasteiger partial charge on any atom is -0.496 e. The number of aryl methyl sites for hydroxylation is 1. The van der Waals surface area contributed by atoms with E-state index in [0.717, 1.165) is 33.1 Å². The fraction of sp³-hybridized carbons (Fsp3) is 0.133. The minimum absolute atomic E-state index is 0.636. The van der Waals surface area contributed by atoms with E-state index in [-0.39, 0.29) is 0 Å². The maximum absolute atomic E-state index is 6.19. The Bertz CT molecular complexity index is 990. The summed E-state index contributed by atoms with van der Waals surface area (Å²) in [7, 11) is 3.65. The maximum atomic E-state index is 6.19. The van der Waals surface area contributed by atoms with Crippen molar-refractivity contribution in [1.29, 1.82) is 0 Å². The van der Waals surface area contributed by atoms with Crippen molar-refractivity contribution >= 4 is 33.4 Å². The summed E-state index contributed by atoms with van der Waals surface area (Å²) >= 11 is 6.19. The summed E-state index contributed by atoms with van der Waals surface area (Å²) in [6, 6.07) is 9.85. The highest BCUT2D eigenvalue weighted by Gasteiger charge is 2.15. The highest BCUT2D eigenvalue weighted by Crippen LogP contribution is 2.38. The van der Waals surface area contributed by atoms with Crippen LogP contribution in [0.25, 0.3) is 33.2 Å². The van der Waals surface area contributed by atoms with Crippen molar-refractivity contribution in [3.8, 4) is 17.1 Å². The Hall–Kier alpha value is -2.60. The van der Waals surface area contributed by atoms with E-state index in [2.05, 4.69) is 25.2 Å². The third-order valence-corrected chi connectivity index (χ3v) is 4.09. The van der Waals surface area contributed by atoms with E-state index in [1.165, 1.54) is 0 Å². The van der Waals surface area contributed by atoms with Gasteiger partial charge in [0, 0.05) is 33.9 Å². The number of hydrogen-bond donors (Lipinski definition) is 1. The van der Waals surface area contributed by atoms with Gasteiger partial charge in [0.2, 0.25) is 0 Å². The van der Waals surface area contributed by atoms with Crippen LogP contribution in [-0.2, 0) is 7.05 Å². The minimum atomic E-state index is 0.636. The molecular weight excluding hydrogens is 302 g/mol. The Morgan fingerprint density at radius 1 is 1.18 bits per heavy atom. The Labute approximate surface area is 130 Å². The molecule has 0 atom stereocenters. The first-order valence-corrected chi connectivity index (χ1v) is 7.06. The van der Waals surface area contributed by atoms with Gasteiger partial charge in [-0.25, -0.2) is 5.10 Å². The van der Waals surface area contributed by atoms with E-state index in [4.69, 9.17) is 16.3 Å². The average molecular weight is 314 g/mol. The lowest BCUT2D eigenvalue weighted by atomic mass is 10.1. The second-order valence-corrected chi connectivity index (χ2v) is 5.48. The molecule has 0 saturated heterocycles. The van der Waals surface area contributed by atoms with Crippen molar-refractivity contribution < 1.29 is 4.74 Å². The molecule has 2 aromatic carbocycles. The molecule has 4 aromatic rings. The molecule has 0 unspecified atom stereocenters. The molecule has 4 rings (SSSR count). The second kappa shape index (κ2) is 4.71. The van der Waals surface area contributed by atoms with Gasteiger partial charge in [0.05, 0.1) is 12.6 Å². The summed E-state index contributed by atoms with van der Waals surface area (Å²) in [6.07, 6.45) is 0. The van der Waals surface area contributed by atoms with E-state index in [1.807, 2.05) is 37.4 Å². The summed E-state index contributed by atoms with van der Waals surface area (Å²) in [5.41, 5.74) is 3.00. The molecule has 0 radical (unpaired) electrons. The van der Waals surface area contributed by atoms with Gasteiger partial charge < -0.3 is 9.30 Å². The molecule has 0 fully saturated rings. The molecule has 110 valence electrons. The van der Waals surface area contributed by atoms with Gasteiger partial charge in [0.25, 0.3) is 0 Å². The molecule has 0 bridgehead atoms. The van der Waals surface area contributed by atoms with Crippen molar-refractivity contribution in [3.63, 3.8) is 0 Å². The summed E-state index contributed by atoms with van der Waals surface area (Å²) in [4.78, 5) is 0. The Morgan fingerprint density at radius 3 is 2.77 bits per heavy atom. The lowest BCUT2D eigenvalue weighted by Gasteiger charge is -2.04. The number of rotatable bonds is 2. The number of ether oxygens (including phenoxy) is 1. The van der Waals surface area contributed by atoms with Crippen LogP contribution in [0.3, 0.4) is 0 Å². The van der Waals surface area contributed by atoms with Crippen LogP contribution < -0.4 is 4.74 Å². The van der Waals surface area contributed by atoms with Gasteiger partial charge in [0.15, 0.2) is 5.82 Å². The van der Waals surface area contributed by atoms with Crippen LogP contribution in [0.5, 0.6) is 5.75 Å². The van der Waals surface area contributed by atoms with Crippen molar-refractivity contribution in [2.24, 2.45) is 7.05 Å². The number of halogens is 1. The molecular formula is C15H12ClN5O. The van der Waals surface area contributed by atoms with Crippen LogP contribution >= 0.6 is 11.6 Å². The number of nitrogens with zero attached hydrogens (tertiary/aromatic N) is 4.